The predicted octanol–water partition coefficient (Wildman–Crippen LogP) is 2.50. The summed E-state index contributed by atoms with van der Waals surface area (Å²) >= 11 is 1.62. The molecule has 0 amide bonds. The molecule has 0 aliphatic carbocycles. The van der Waals surface area contributed by atoms with E-state index >= 15 is 0 Å². The van der Waals surface area contributed by atoms with Crippen LogP contribution < -0.4 is 5.32 Å². The first-order chi connectivity index (χ1) is 10.2. The molecule has 0 radical (unpaired) electrons. The Labute approximate surface area is 127 Å². The van der Waals surface area contributed by atoms with E-state index < -0.39 is 0 Å². The smallest absolute Gasteiger partial charge is 0.153 e. The maximum atomic E-state index is 4.63. The Bertz CT molecular complexity index is 760. The van der Waals surface area contributed by atoms with Crippen LogP contribution in [-0.4, -0.2) is 31.8 Å². The molecule has 0 aliphatic heterocycles. The second-order valence-corrected chi connectivity index (χ2v) is 5.58. The van der Waals surface area contributed by atoms with Gasteiger partial charge in [0, 0.05) is 19.9 Å². The van der Waals surface area contributed by atoms with Crippen molar-refractivity contribution in [2.75, 3.05) is 12.4 Å². The Morgan fingerprint density at radius 3 is 2.71 bits per heavy atom. The second kappa shape index (κ2) is 5.77. The normalized spacial score (nSPS) is 11.2. The number of aromatic nitrogens is 5. The molecular weight excluding hydrogens is 284 g/mol. The summed E-state index contributed by atoms with van der Waals surface area (Å²) in [5, 5.41) is 10.8. The van der Waals surface area contributed by atoms with E-state index in [1.807, 2.05) is 23.2 Å². The van der Waals surface area contributed by atoms with E-state index in [2.05, 4.69) is 39.2 Å². The number of rotatable bonds is 5. The second-order valence-electron chi connectivity index (χ2n) is 4.69. The third-order valence-electron chi connectivity index (χ3n) is 3.32. The van der Waals surface area contributed by atoms with Gasteiger partial charge in [0.15, 0.2) is 11.6 Å². The van der Waals surface area contributed by atoms with Crippen LogP contribution in [0.1, 0.15) is 31.3 Å². The first-order valence-corrected chi connectivity index (χ1v) is 7.97. The zero-order valence-corrected chi connectivity index (χ0v) is 13.2. The summed E-state index contributed by atoms with van der Waals surface area (Å²) in [5.74, 6) is 3.48. The van der Waals surface area contributed by atoms with E-state index in [4.69, 9.17) is 0 Å². The van der Waals surface area contributed by atoms with Crippen LogP contribution >= 0.6 is 11.3 Å². The molecule has 0 saturated heterocycles. The first kappa shape index (κ1) is 13.9. The van der Waals surface area contributed by atoms with Crippen molar-refractivity contribution in [1.29, 1.82) is 0 Å². The Balaban J connectivity index is 1.99. The van der Waals surface area contributed by atoms with Crippen LogP contribution in [-0.2, 0) is 19.4 Å². The lowest BCUT2D eigenvalue weighted by Gasteiger charge is -2.06. The van der Waals surface area contributed by atoms with E-state index in [9.17, 15) is 0 Å². The summed E-state index contributed by atoms with van der Waals surface area (Å²) in [4.78, 5) is 14.7. The fourth-order valence-corrected chi connectivity index (χ4v) is 3.04. The molecule has 0 saturated carbocycles. The van der Waals surface area contributed by atoms with Gasteiger partial charge in [0.2, 0.25) is 0 Å². The third-order valence-corrected chi connectivity index (χ3v) is 4.13. The van der Waals surface area contributed by atoms with Crippen molar-refractivity contribution in [1.82, 2.24) is 24.7 Å². The van der Waals surface area contributed by atoms with Crippen LogP contribution in [0, 0.1) is 0 Å². The molecule has 0 aromatic carbocycles. The van der Waals surface area contributed by atoms with Crippen molar-refractivity contribution in [3.05, 3.63) is 28.9 Å². The van der Waals surface area contributed by atoms with E-state index in [0.29, 0.717) is 6.54 Å². The molecule has 0 bridgehead atoms. The van der Waals surface area contributed by atoms with Gasteiger partial charge in [-0.3, -0.25) is 0 Å². The molecule has 3 aromatic rings. The van der Waals surface area contributed by atoms with Crippen LogP contribution in [0.2, 0.25) is 0 Å². The minimum Gasteiger partial charge on any atom is -0.372 e. The van der Waals surface area contributed by atoms with E-state index in [-0.39, 0.29) is 0 Å². The Hall–Kier alpha value is -2.02. The molecule has 0 spiro atoms. The number of anilines is 1. The molecule has 3 rings (SSSR count). The van der Waals surface area contributed by atoms with E-state index in [0.717, 1.165) is 46.3 Å². The Kier molecular flexibility index (Phi) is 3.83. The Morgan fingerprint density at radius 2 is 2.00 bits per heavy atom. The van der Waals surface area contributed by atoms with Crippen LogP contribution in [0.5, 0.6) is 0 Å². The van der Waals surface area contributed by atoms with Crippen LogP contribution in [0.15, 0.2) is 11.4 Å². The lowest BCUT2D eigenvalue weighted by atomic mass is 10.3. The highest BCUT2D eigenvalue weighted by atomic mass is 32.1. The average Bonchev–Trinajstić information content (AvgIpc) is 3.12. The van der Waals surface area contributed by atoms with Crippen LogP contribution in [0.25, 0.3) is 10.2 Å². The first-order valence-electron chi connectivity index (χ1n) is 7.09. The van der Waals surface area contributed by atoms with Crippen molar-refractivity contribution in [3.63, 3.8) is 0 Å². The minimum atomic E-state index is 0.554. The average molecular weight is 302 g/mol. The van der Waals surface area contributed by atoms with Gasteiger partial charge in [-0.05, 0) is 11.4 Å². The van der Waals surface area contributed by atoms with Gasteiger partial charge in [-0.2, -0.15) is 5.10 Å². The lowest BCUT2D eigenvalue weighted by Crippen LogP contribution is -2.10. The maximum Gasteiger partial charge on any atom is 0.153 e. The van der Waals surface area contributed by atoms with E-state index in [1.54, 1.807) is 11.3 Å². The highest BCUT2D eigenvalue weighted by Crippen LogP contribution is 2.24. The molecule has 21 heavy (non-hydrogen) atoms. The monoisotopic (exact) mass is 302 g/mol. The van der Waals surface area contributed by atoms with Gasteiger partial charge in [-0.1, -0.05) is 13.8 Å². The number of hydrogen-bond acceptors (Lipinski definition) is 6. The molecule has 110 valence electrons. The molecular formula is C14H18N6S. The van der Waals surface area contributed by atoms with Crippen molar-refractivity contribution in [3.8, 4) is 0 Å². The summed E-state index contributed by atoms with van der Waals surface area (Å²) in [6.45, 7) is 4.70. The summed E-state index contributed by atoms with van der Waals surface area (Å²) in [5.41, 5.74) is 0. The van der Waals surface area contributed by atoms with Gasteiger partial charge in [0.1, 0.15) is 23.0 Å². The summed E-state index contributed by atoms with van der Waals surface area (Å²) < 4.78 is 1.91. The Morgan fingerprint density at radius 1 is 1.14 bits per heavy atom. The summed E-state index contributed by atoms with van der Waals surface area (Å²) in [6.07, 6.45) is 1.69. The number of nitrogens with zero attached hydrogens (tertiary/aromatic N) is 5. The van der Waals surface area contributed by atoms with Gasteiger partial charge in [-0.25, -0.2) is 19.6 Å². The maximum absolute atomic E-state index is 4.63. The number of fused-ring (bicyclic) bond motifs is 1. The van der Waals surface area contributed by atoms with Crippen LogP contribution in [0.3, 0.4) is 0 Å². The molecule has 7 heteroatoms. The predicted molar refractivity (Wildman–Crippen MR) is 84.8 cm³/mol. The number of thiophene rings is 1. The third kappa shape index (κ3) is 2.61. The highest BCUT2D eigenvalue weighted by molar-refractivity contribution is 7.16. The van der Waals surface area contributed by atoms with Gasteiger partial charge in [-0.15, -0.1) is 11.3 Å². The molecule has 0 unspecified atom stereocenters. The summed E-state index contributed by atoms with van der Waals surface area (Å²) in [6, 6.07) is 2.04. The molecule has 6 nitrogen and oxygen atoms in total. The molecule has 1 N–H and O–H groups in total. The van der Waals surface area contributed by atoms with Crippen molar-refractivity contribution < 1.29 is 0 Å². The number of aryl methyl sites for hydroxylation is 2. The van der Waals surface area contributed by atoms with Gasteiger partial charge < -0.3 is 5.32 Å². The minimum absolute atomic E-state index is 0.554. The van der Waals surface area contributed by atoms with Gasteiger partial charge in [0.25, 0.3) is 0 Å². The topological polar surface area (TPSA) is 68.5 Å². The quantitative estimate of drug-likeness (QED) is 0.784. The van der Waals surface area contributed by atoms with Gasteiger partial charge >= 0.3 is 0 Å². The molecule has 0 fully saturated rings. The number of nitrogens with one attached hydrogen (secondary N) is 1. The zero-order chi connectivity index (χ0) is 14.8. The molecule has 3 heterocycles. The standard InChI is InChI=1S/C14H18N6S/c1-4-10-16-12(5-2)20(19-10)8-11-17-13(15-3)9-6-7-21-14(9)18-11/h6-7H,4-5,8H2,1-3H3,(H,15,17,18). The fraction of sp³-hybridized carbons (Fsp3) is 0.429. The number of hydrogen-bond donors (Lipinski definition) is 1. The van der Waals surface area contributed by atoms with E-state index in [1.165, 1.54) is 0 Å². The van der Waals surface area contributed by atoms with Crippen molar-refractivity contribution in [2.45, 2.75) is 33.2 Å². The van der Waals surface area contributed by atoms with Crippen LogP contribution in [0.4, 0.5) is 5.82 Å². The lowest BCUT2D eigenvalue weighted by molar-refractivity contribution is 0.616. The van der Waals surface area contributed by atoms with Gasteiger partial charge in [0.05, 0.1) is 5.39 Å². The highest BCUT2D eigenvalue weighted by Gasteiger charge is 2.12. The largest absolute Gasteiger partial charge is 0.372 e. The zero-order valence-electron chi connectivity index (χ0n) is 12.4. The fourth-order valence-electron chi connectivity index (χ4n) is 2.26. The molecule has 0 atom stereocenters. The SMILES string of the molecule is CCc1nc(CC)n(Cc2nc(NC)c3ccsc3n2)n1. The van der Waals surface area contributed by atoms with Crippen molar-refractivity contribution in [2.24, 2.45) is 0 Å². The molecule has 0 aliphatic rings. The molecule has 3 aromatic heterocycles. The van der Waals surface area contributed by atoms with Crippen molar-refractivity contribution >= 4 is 27.4 Å². The summed E-state index contributed by atoms with van der Waals surface area (Å²) in [7, 11) is 1.88.